The van der Waals surface area contributed by atoms with Crippen LogP contribution in [0.15, 0.2) is 24.3 Å². The summed E-state index contributed by atoms with van der Waals surface area (Å²) in [6, 6.07) is 8.92. The predicted octanol–water partition coefficient (Wildman–Crippen LogP) is 2.03. The van der Waals surface area contributed by atoms with Crippen LogP contribution in [-0.2, 0) is 6.42 Å². The van der Waals surface area contributed by atoms with Crippen LogP contribution in [-0.4, -0.2) is 36.2 Å². The molecule has 3 rings (SSSR count). The van der Waals surface area contributed by atoms with Crippen molar-refractivity contribution in [2.45, 2.75) is 25.2 Å². The van der Waals surface area contributed by atoms with Crippen molar-refractivity contribution in [3.05, 3.63) is 35.4 Å². The summed E-state index contributed by atoms with van der Waals surface area (Å²) in [6.45, 7) is 3.73. The van der Waals surface area contributed by atoms with Crippen molar-refractivity contribution >= 4 is 0 Å². The second kappa shape index (κ2) is 4.79. The average Bonchev–Trinajstić information content (AvgIpc) is 2.33. The largest absolute Gasteiger partial charge is 0.396 e. The summed E-state index contributed by atoms with van der Waals surface area (Å²) < 4.78 is 0. The van der Waals surface area contributed by atoms with E-state index in [9.17, 15) is 0 Å². The molecule has 1 aromatic rings. The molecule has 0 spiro atoms. The van der Waals surface area contributed by atoms with Gasteiger partial charge >= 0.3 is 0 Å². The third kappa shape index (κ3) is 2.24. The lowest BCUT2D eigenvalue weighted by Crippen LogP contribution is -2.49. The Morgan fingerprint density at radius 2 is 2.06 bits per heavy atom. The van der Waals surface area contributed by atoms with E-state index >= 15 is 0 Å². The lowest BCUT2D eigenvalue weighted by molar-refractivity contribution is 0.0477. The number of aliphatic hydroxyl groups excluding tert-OH is 1. The molecule has 92 valence electrons. The highest BCUT2D eigenvalue weighted by Crippen LogP contribution is 2.33. The number of aryl methyl sites for hydroxylation is 1. The molecular weight excluding hydrogens is 210 g/mol. The zero-order valence-electron chi connectivity index (χ0n) is 10.3. The van der Waals surface area contributed by atoms with Crippen LogP contribution in [0.4, 0.5) is 0 Å². The minimum absolute atomic E-state index is 0.359. The highest BCUT2D eigenvalue weighted by atomic mass is 16.3. The number of benzene rings is 1. The minimum atomic E-state index is 0.359. The molecule has 0 saturated carbocycles. The van der Waals surface area contributed by atoms with E-state index < -0.39 is 0 Å². The van der Waals surface area contributed by atoms with Crippen molar-refractivity contribution < 1.29 is 5.11 Å². The summed E-state index contributed by atoms with van der Waals surface area (Å²) in [6.07, 6.45) is 3.92. The van der Waals surface area contributed by atoms with Crippen molar-refractivity contribution in [1.29, 1.82) is 0 Å². The maximum atomic E-state index is 9.04. The van der Waals surface area contributed by atoms with Crippen molar-refractivity contribution in [2.24, 2.45) is 5.92 Å². The highest BCUT2D eigenvalue weighted by molar-refractivity contribution is 5.32. The smallest absolute Gasteiger partial charge is 0.0483 e. The second-order valence-corrected chi connectivity index (χ2v) is 5.56. The fourth-order valence-corrected chi connectivity index (χ4v) is 3.30. The van der Waals surface area contributed by atoms with Crippen LogP contribution in [0.2, 0.25) is 0 Å². The average molecular weight is 231 g/mol. The Hall–Kier alpha value is -0.860. The van der Waals surface area contributed by atoms with Crippen LogP contribution in [0.25, 0.3) is 0 Å². The van der Waals surface area contributed by atoms with Crippen LogP contribution < -0.4 is 0 Å². The van der Waals surface area contributed by atoms with Gasteiger partial charge < -0.3 is 10.0 Å². The maximum absolute atomic E-state index is 9.04. The highest BCUT2D eigenvalue weighted by Gasteiger charge is 2.29. The summed E-state index contributed by atoms with van der Waals surface area (Å²) in [4.78, 5) is 2.49. The van der Waals surface area contributed by atoms with Gasteiger partial charge in [0.05, 0.1) is 0 Å². The van der Waals surface area contributed by atoms with Gasteiger partial charge in [-0.05, 0) is 36.3 Å². The van der Waals surface area contributed by atoms with Crippen molar-refractivity contribution in [2.75, 3.05) is 26.2 Å². The third-order valence-corrected chi connectivity index (χ3v) is 4.26. The van der Waals surface area contributed by atoms with Crippen LogP contribution in [0.5, 0.6) is 0 Å². The van der Waals surface area contributed by atoms with Crippen LogP contribution in [0, 0.1) is 5.92 Å². The summed E-state index contributed by atoms with van der Waals surface area (Å²) in [7, 11) is 0. The molecule has 1 aliphatic heterocycles. The normalized spacial score (nSPS) is 25.4. The molecule has 1 atom stereocenters. The molecule has 1 fully saturated rings. The van der Waals surface area contributed by atoms with Crippen molar-refractivity contribution in [3.63, 3.8) is 0 Å². The molecule has 1 aromatic carbocycles. The van der Waals surface area contributed by atoms with E-state index in [1.54, 1.807) is 11.1 Å². The molecule has 17 heavy (non-hydrogen) atoms. The van der Waals surface area contributed by atoms with Gasteiger partial charge in [0.15, 0.2) is 0 Å². The molecule has 0 aromatic heterocycles. The molecule has 0 amide bonds. The first-order chi connectivity index (χ1) is 8.36. The van der Waals surface area contributed by atoms with Gasteiger partial charge in [0.2, 0.25) is 0 Å². The topological polar surface area (TPSA) is 23.5 Å². The standard InChI is InChI=1S/C15H21NO/c17-11-12-8-16(9-12)10-14-6-3-5-13-4-1-2-7-15(13)14/h1-2,4,7,12,14,17H,3,5-6,8-11H2. The Kier molecular flexibility index (Phi) is 3.17. The van der Waals surface area contributed by atoms with E-state index in [1.807, 2.05) is 0 Å². The maximum Gasteiger partial charge on any atom is 0.0483 e. The Morgan fingerprint density at radius 1 is 1.24 bits per heavy atom. The van der Waals surface area contributed by atoms with Gasteiger partial charge in [-0.15, -0.1) is 0 Å². The Morgan fingerprint density at radius 3 is 2.88 bits per heavy atom. The first-order valence-electron chi connectivity index (χ1n) is 6.78. The molecule has 0 bridgehead atoms. The van der Waals surface area contributed by atoms with E-state index in [1.165, 1.54) is 25.8 Å². The van der Waals surface area contributed by atoms with Gasteiger partial charge in [0.25, 0.3) is 0 Å². The molecular formula is C15H21NO. The number of fused-ring (bicyclic) bond motifs is 1. The van der Waals surface area contributed by atoms with E-state index in [-0.39, 0.29) is 0 Å². The van der Waals surface area contributed by atoms with Gasteiger partial charge in [-0.2, -0.15) is 0 Å². The van der Waals surface area contributed by atoms with Crippen molar-refractivity contribution in [3.8, 4) is 0 Å². The fraction of sp³-hybridized carbons (Fsp3) is 0.600. The van der Waals surface area contributed by atoms with E-state index in [4.69, 9.17) is 5.11 Å². The molecule has 1 saturated heterocycles. The van der Waals surface area contributed by atoms with E-state index in [0.29, 0.717) is 12.5 Å². The first kappa shape index (κ1) is 11.2. The van der Waals surface area contributed by atoms with Gasteiger partial charge in [-0.3, -0.25) is 0 Å². The van der Waals surface area contributed by atoms with E-state index in [2.05, 4.69) is 29.2 Å². The zero-order chi connectivity index (χ0) is 11.7. The Balaban J connectivity index is 1.65. The summed E-state index contributed by atoms with van der Waals surface area (Å²) in [5.74, 6) is 1.26. The summed E-state index contributed by atoms with van der Waals surface area (Å²) in [5, 5.41) is 9.04. The Labute approximate surface area is 103 Å². The fourth-order valence-electron chi connectivity index (χ4n) is 3.30. The Bertz CT molecular complexity index is 384. The number of likely N-dealkylation sites (tertiary alicyclic amines) is 1. The zero-order valence-corrected chi connectivity index (χ0v) is 10.3. The van der Waals surface area contributed by atoms with Crippen molar-refractivity contribution in [1.82, 2.24) is 4.90 Å². The van der Waals surface area contributed by atoms with E-state index in [0.717, 1.165) is 19.0 Å². The van der Waals surface area contributed by atoms with Crippen LogP contribution >= 0.6 is 0 Å². The quantitative estimate of drug-likeness (QED) is 0.860. The summed E-state index contributed by atoms with van der Waals surface area (Å²) in [5.41, 5.74) is 3.13. The summed E-state index contributed by atoms with van der Waals surface area (Å²) >= 11 is 0. The molecule has 1 aliphatic carbocycles. The number of nitrogens with zero attached hydrogens (tertiary/aromatic N) is 1. The number of hydrogen-bond donors (Lipinski definition) is 1. The lowest BCUT2D eigenvalue weighted by Gasteiger charge is -2.41. The second-order valence-electron chi connectivity index (χ2n) is 5.56. The minimum Gasteiger partial charge on any atom is -0.396 e. The lowest BCUT2D eigenvalue weighted by atomic mass is 9.82. The first-order valence-corrected chi connectivity index (χ1v) is 6.78. The molecule has 1 unspecified atom stereocenters. The SMILES string of the molecule is OCC1CN(CC2CCCc3ccccc32)C1. The predicted molar refractivity (Wildman–Crippen MR) is 69.1 cm³/mol. The number of aliphatic hydroxyl groups is 1. The van der Waals surface area contributed by atoms with Crippen LogP contribution in [0.3, 0.4) is 0 Å². The van der Waals surface area contributed by atoms with Crippen LogP contribution in [0.1, 0.15) is 29.9 Å². The molecule has 2 heteroatoms. The molecule has 1 N–H and O–H groups in total. The van der Waals surface area contributed by atoms with Gasteiger partial charge in [0, 0.05) is 32.2 Å². The van der Waals surface area contributed by atoms with Gasteiger partial charge in [-0.1, -0.05) is 24.3 Å². The molecule has 1 heterocycles. The monoisotopic (exact) mass is 231 g/mol. The molecule has 0 radical (unpaired) electrons. The molecule has 2 nitrogen and oxygen atoms in total. The van der Waals surface area contributed by atoms with Gasteiger partial charge in [-0.25, -0.2) is 0 Å². The van der Waals surface area contributed by atoms with Gasteiger partial charge in [0.1, 0.15) is 0 Å². The molecule has 2 aliphatic rings. The number of hydrogen-bond acceptors (Lipinski definition) is 2. The third-order valence-electron chi connectivity index (χ3n) is 4.26. The number of rotatable bonds is 3.